The smallest absolute Gasteiger partial charge is 0.247 e. The first kappa shape index (κ1) is 16.4. The molecule has 1 amide bonds. The molecule has 1 aliphatic heterocycles. The number of hydrogen-bond donors (Lipinski definition) is 2. The lowest BCUT2D eigenvalue weighted by molar-refractivity contribution is -0.116. The Labute approximate surface area is 125 Å². The Morgan fingerprint density at radius 2 is 2.53 bits per heavy atom. The van der Waals surface area contributed by atoms with Crippen LogP contribution in [0.1, 0.15) is 0 Å². The molecule has 1 atom stereocenters. The van der Waals surface area contributed by atoms with Crippen LogP contribution in [0.5, 0.6) is 0 Å². The van der Waals surface area contributed by atoms with Gasteiger partial charge < -0.3 is 4.74 Å². The van der Waals surface area contributed by atoms with E-state index in [0.717, 1.165) is 16.6 Å². The lowest BCUT2D eigenvalue weighted by Crippen LogP contribution is -2.35. The molecule has 1 aromatic heterocycles. The molecule has 0 bridgehead atoms. The van der Waals surface area contributed by atoms with Crippen LogP contribution >= 0.6 is 35.5 Å². The number of halogens is 1. The van der Waals surface area contributed by atoms with Crippen LogP contribution < -0.4 is 10.6 Å². The van der Waals surface area contributed by atoms with E-state index in [-0.39, 0.29) is 24.4 Å². The number of carbonyl (C=O) groups is 1. The number of nitrogens with one attached hydrogen (secondary N) is 2. The van der Waals surface area contributed by atoms with E-state index in [2.05, 4.69) is 20.8 Å². The molecule has 6 nitrogen and oxygen atoms in total. The van der Waals surface area contributed by atoms with Gasteiger partial charge in [-0.2, -0.15) is 0 Å². The Hall–Kier alpha value is -0.670. The molecule has 1 aliphatic rings. The van der Waals surface area contributed by atoms with Gasteiger partial charge in [0.2, 0.25) is 11.0 Å². The van der Waals surface area contributed by atoms with E-state index in [1.54, 1.807) is 18.9 Å². The first-order valence-electron chi connectivity index (χ1n) is 5.46. The highest BCUT2D eigenvalue weighted by Gasteiger charge is 2.18. The zero-order valence-electron chi connectivity index (χ0n) is 10.3. The zero-order chi connectivity index (χ0) is 12.8. The molecule has 1 unspecified atom stereocenters. The molecule has 9 heteroatoms. The van der Waals surface area contributed by atoms with Crippen molar-refractivity contribution in [1.82, 2.24) is 15.5 Å². The summed E-state index contributed by atoms with van der Waals surface area (Å²) >= 11 is 2.94. The van der Waals surface area contributed by atoms with Crippen molar-refractivity contribution in [2.24, 2.45) is 0 Å². The summed E-state index contributed by atoms with van der Waals surface area (Å²) in [4.78, 5) is 11.8. The molecule has 1 aromatic rings. The number of thioether (sulfide) groups is 1. The summed E-state index contributed by atoms with van der Waals surface area (Å²) in [6, 6.07) is -0.265. The van der Waals surface area contributed by atoms with Crippen molar-refractivity contribution in [1.29, 1.82) is 0 Å². The summed E-state index contributed by atoms with van der Waals surface area (Å²) in [5, 5.41) is 14.2. The minimum atomic E-state index is -0.265. The predicted molar refractivity (Wildman–Crippen MR) is 79.3 cm³/mol. The van der Waals surface area contributed by atoms with Crippen molar-refractivity contribution in [3.63, 3.8) is 0 Å². The standard InChI is InChI=1S/C10H14N4O2S2.ClH/c1-16-5-6-17-10-14-13-9(18-10)12-8(15)7-3-2-4-11-7;/h2-3,7,11H,4-6H2,1H3,(H,12,13,15);1H. The third-order valence-electron chi connectivity index (χ3n) is 2.22. The molecule has 19 heavy (non-hydrogen) atoms. The predicted octanol–water partition coefficient (Wildman–Crippen LogP) is 1.16. The second-order valence-corrected chi connectivity index (χ2v) is 5.84. The Bertz CT molecular complexity index is 441. The average Bonchev–Trinajstić information content (AvgIpc) is 3.00. The van der Waals surface area contributed by atoms with Crippen LogP contribution in [0.4, 0.5) is 5.13 Å². The Morgan fingerprint density at radius 3 is 3.21 bits per heavy atom. The van der Waals surface area contributed by atoms with Gasteiger partial charge in [-0.1, -0.05) is 35.3 Å². The summed E-state index contributed by atoms with van der Waals surface area (Å²) in [6.07, 6.45) is 3.76. The van der Waals surface area contributed by atoms with Crippen molar-refractivity contribution >= 4 is 46.5 Å². The number of ether oxygens (including phenoxy) is 1. The minimum Gasteiger partial charge on any atom is -0.384 e. The van der Waals surface area contributed by atoms with E-state index in [4.69, 9.17) is 4.74 Å². The normalized spacial score (nSPS) is 17.2. The van der Waals surface area contributed by atoms with E-state index < -0.39 is 0 Å². The van der Waals surface area contributed by atoms with Gasteiger partial charge in [0.05, 0.1) is 6.61 Å². The first-order chi connectivity index (χ1) is 8.79. The summed E-state index contributed by atoms with van der Waals surface area (Å²) in [6.45, 7) is 1.40. The number of anilines is 1. The fraction of sp³-hybridized carbons (Fsp3) is 0.500. The Kier molecular flexibility index (Phi) is 7.32. The second-order valence-electron chi connectivity index (χ2n) is 3.52. The molecule has 2 N–H and O–H groups in total. The van der Waals surface area contributed by atoms with Crippen LogP contribution in [0.25, 0.3) is 0 Å². The summed E-state index contributed by atoms with van der Waals surface area (Å²) in [5.74, 6) is 0.722. The molecule has 0 spiro atoms. The molecule has 2 rings (SSSR count). The van der Waals surface area contributed by atoms with Crippen LogP contribution in [0.2, 0.25) is 0 Å². The van der Waals surface area contributed by atoms with E-state index in [9.17, 15) is 4.79 Å². The maximum atomic E-state index is 11.8. The SMILES string of the molecule is COCCSc1nnc(NC(=O)C2C=CCN2)s1.Cl. The van der Waals surface area contributed by atoms with Gasteiger partial charge in [0.1, 0.15) is 6.04 Å². The van der Waals surface area contributed by atoms with E-state index in [0.29, 0.717) is 11.7 Å². The van der Waals surface area contributed by atoms with Crippen LogP contribution in [0.15, 0.2) is 16.5 Å². The highest BCUT2D eigenvalue weighted by atomic mass is 35.5. The molecule has 0 saturated heterocycles. The number of rotatable bonds is 6. The van der Waals surface area contributed by atoms with Gasteiger partial charge in [0, 0.05) is 19.4 Å². The average molecular weight is 323 g/mol. The van der Waals surface area contributed by atoms with Crippen molar-refractivity contribution in [2.75, 3.05) is 31.3 Å². The van der Waals surface area contributed by atoms with Gasteiger partial charge in [-0.15, -0.1) is 22.6 Å². The van der Waals surface area contributed by atoms with Crippen molar-refractivity contribution < 1.29 is 9.53 Å². The second kappa shape index (κ2) is 8.49. The molecule has 0 fully saturated rings. The number of amides is 1. The Balaban J connectivity index is 0.00000180. The molecular weight excluding hydrogens is 308 g/mol. The molecule has 0 radical (unpaired) electrons. The van der Waals surface area contributed by atoms with Crippen LogP contribution in [0, 0.1) is 0 Å². The zero-order valence-corrected chi connectivity index (χ0v) is 12.7. The monoisotopic (exact) mass is 322 g/mol. The highest BCUT2D eigenvalue weighted by Crippen LogP contribution is 2.25. The fourth-order valence-corrected chi connectivity index (χ4v) is 3.09. The third kappa shape index (κ3) is 5.07. The molecule has 0 aromatic carbocycles. The number of hydrogen-bond acceptors (Lipinski definition) is 7. The summed E-state index contributed by atoms with van der Waals surface area (Å²) < 4.78 is 5.78. The highest BCUT2D eigenvalue weighted by molar-refractivity contribution is 8.01. The quantitative estimate of drug-likeness (QED) is 0.354. The van der Waals surface area contributed by atoms with Crippen LogP contribution in [0.3, 0.4) is 0 Å². The van der Waals surface area contributed by atoms with Crippen molar-refractivity contribution in [3.05, 3.63) is 12.2 Å². The summed E-state index contributed by atoms with van der Waals surface area (Å²) in [7, 11) is 1.66. The number of carbonyl (C=O) groups excluding carboxylic acids is 1. The summed E-state index contributed by atoms with van der Waals surface area (Å²) in [5.41, 5.74) is 0. The van der Waals surface area contributed by atoms with Gasteiger partial charge in [-0.3, -0.25) is 15.4 Å². The fourth-order valence-electron chi connectivity index (χ4n) is 1.36. The van der Waals surface area contributed by atoms with Crippen molar-refractivity contribution in [2.45, 2.75) is 10.4 Å². The lowest BCUT2D eigenvalue weighted by atomic mass is 10.3. The number of methoxy groups -OCH3 is 1. The van der Waals surface area contributed by atoms with Gasteiger partial charge in [0.15, 0.2) is 4.34 Å². The van der Waals surface area contributed by atoms with E-state index in [1.165, 1.54) is 11.3 Å². The molecule has 2 heterocycles. The lowest BCUT2D eigenvalue weighted by Gasteiger charge is -2.06. The molecule has 0 aliphatic carbocycles. The van der Waals surface area contributed by atoms with E-state index in [1.807, 2.05) is 12.2 Å². The van der Waals surface area contributed by atoms with Gasteiger partial charge in [-0.05, 0) is 0 Å². The largest absolute Gasteiger partial charge is 0.384 e. The first-order valence-corrected chi connectivity index (χ1v) is 7.26. The molecule has 0 saturated carbocycles. The number of aromatic nitrogens is 2. The maximum Gasteiger partial charge on any atom is 0.247 e. The van der Waals surface area contributed by atoms with Gasteiger partial charge in [0.25, 0.3) is 0 Å². The van der Waals surface area contributed by atoms with Crippen LogP contribution in [-0.2, 0) is 9.53 Å². The van der Waals surface area contributed by atoms with Gasteiger partial charge >= 0.3 is 0 Å². The van der Waals surface area contributed by atoms with Crippen molar-refractivity contribution in [3.8, 4) is 0 Å². The topological polar surface area (TPSA) is 76.1 Å². The number of nitrogens with zero attached hydrogens (tertiary/aromatic N) is 2. The van der Waals surface area contributed by atoms with Crippen LogP contribution in [-0.4, -0.2) is 48.2 Å². The maximum absolute atomic E-state index is 11.8. The van der Waals surface area contributed by atoms with E-state index >= 15 is 0 Å². The molecular formula is C10H15ClN4O2S2. The third-order valence-corrected chi connectivity index (χ3v) is 4.15. The van der Waals surface area contributed by atoms with Gasteiger partial charge in [-0.25, -0.2) is 0 Å². The molecule has 106 valence electrons. The Morgan fingerprint density at radius 1 is 1.68 bits per heavy atom. The minimum absolute atomic E-state index is 0.